The van der Waals surface area contributed by atoms with E-state index < -0.39 is 5.54 Å². The van der Waals surface area contributed by atoms with Crippen molar-refractivity contribution >= 4 is 5.91 Å². The number of fused-ring (bicyclic) bond motifs is 1. The predicted molar refractivity (Wildman–Crippen MR) is 63.9 cm³/mol. The third-order valence-corrected chi connectivity index (χ3v) is 3.20. The Morgan fingerprint density at radius 1 is 1.44 bits per heavy atom. The van der Waals surface area contributed by atoms with Gasteiger partial charge < -0.3 is 5.73 Å². The number of amides is 1. The highest BCUT2D eigenvalue weighted by molar-refractivity contribution is 5.87. The van der Waals surface area contributed by atoms with E-state index in [0.717, 1.165) is 18.4 Å². The number of hydrogen-bond donors (Lipinski definition) is 2. The second kappa shape index (κ2) is 3.91. The Morgan fingerprint density at radius 2 is 2.12 bits per heavy atom. The van der Waals surface area contributed by atoms with E-state index in [1.165, 1.54) is 5.56 Å². The van der Waals surface area contributed by atoms with E-state index in [4.69, 9.17) is 5.73 Å². The number of nitrogens with two attached hydrogens (primary N) is 1. The van der Waals surface area contributed by atoms with Crippen LogP contribution in [0.5, 0.6) is 0 Å². The van der Waals surface area contributed by atoms with Crippen LogP contribution in [0.25, 0.3) is 0 Å². The molecular formula is C13H18N2O. The van der Waals surface area contributed by atoms with Gasteiger partial charge in [-0.25, -0.2) is 0 Å². The molecule has 0 aliphatic heterocycles. The monoisotopic (exact) mass is 218 g/mol. The zero-order valence-electron chi connectivity index (χ0n) is 9.79. The minimum atomic E-state index is -0.662. The van der Waals surface area contributed by atoms with Gasteiger partial charge in [0.15, 0.2) is 0 Å². The molecule has 1 atom stereocenters. The number of primary amides is 1. The number of carbonyl (C=O) groups is 1. The van der Waals surface area contributed by atoms with Crippen molar-refractivity contribution in [2.24, 2.45) is 5.73 Å². The molecule has 86 valence electrons. The third-order valence-electron chi connectivity index (χ3n) is 3.20. The highest BCUT2D eigenvalue weighted by Gasteiger charge is 2.43. The van der Waals surface area contributed by atoms with E-state index in [-0.39, 0.29) is 11.9 Å². The first-order chi connectivity index (χ1) is 7.56. The number of benzene rings is 1. The summed E-state index contributed by atoms with van der Waals surface area (Å²) in [6.07, 6.45) is 1.68. The molecule has 1 amide bonds. The number of carbonyl (C=O) groups excluding carboxylic acids is 1. The van der Waals surface area contributed by atoms with Crippen molar-refractivity contribution in [2.75, 3.05) is 0 Å². The Hall–Kier alpha value is -1.35. The van der Waals surface area contributed by atoms with Gasteiger partial charge >= 0.3 is 0 Å². The van der Waals surface area contributed by atoms with Gasteiger partial charge in [0.25, 0.3) is 0 Å². The molecule has 3 N–H and O–H groups in total. The SMILES string of the molecule is CC(C)NC1(C(N)=O)CCc2ccccc21. The van der Waals surface area contributed by atoms with Crippen LogP contribution in [-0.2, 0) is 16.8 Å². The fraction of sp³-hybridized carbons (Fsp3) is 0.462. The van der Waals surface area contributed by atoms with Crippen LogP contribution >= 0.6 is 0 Å². The summed E-state index contributed by atoms with van der Waals surface area (Å²) in [5.74, 6) is -0.272. The number of nitrogens with one attached hydrogen (secondary N) is 1. The highest BCUT2D eigenvalue weighted by atomic mass is 16.1. The maximum Gasteiger partial charge on any atom is 0.242 e. The smallest absolute Gasteiger partial charge is 0.242 e. The average Bonchev–Trinajstić information content (AvgIpc) is 2.58. The molecule has 0 heterocycles. The summed E-state index contributed by atoms with van der Waals surface area (Å²) < 4.78 is 0. The molecule has 16 heavy (non-hydrogen) atoms. The largest absolute Gasteiger partial charge is 0.368 e. The van der Waals surface area contributed by atoms with Gasteiger partial charge in [-0.1, -0.05) is 24.3 Å². The average molecular weight is 218 g/mol. The molecule has 0 bridgehead atoms. The predicted octanol–water partition coefficient (Wildman–Crippen LogP) is 1.31. The van der Waals surface area contributed by atoms with Crippen molar-refractivity contribution in [3.63, 3.8) is 0 Å². The van der Waals surface area contributed by atoms with Gasteiger partial charge in [0.1, 0.15) is 5.54 Å². The lowest BCUT2D eigenvalue weighted by Crippen LogP contribution is -2.53. The van der Waals surface area contributed by atoms with E-state index in [0.29, 0.717) is 0 Å². The van der Waals surface area contributed by atoms with Gasteiger partial charge in [0, 0.05) is 6.04 Å². The van der Waals surface area contributed by atoms with Gasteiger partial charge in [-0.2, -0.15) is 0 Å². The zero-order chi connectivity index (χ0) is 11.8. The van der Waals surface area contributed by atoms with Crippen LogP contribution in [0.3, 0.4) is 0 Å². The fourth-order valence-electron chi connectivity index (χ4n) is 2.58. The van der Waals surface area contributed by atoms with Crippen LogP contribution in [0.1, 0.15) is 31.4 Å². The molecule has 0 radical (unpaired) electrons. The first-order valence-electron chi connectivity index (χ1n) is 5.72. The minimum Gasteiger partial charge on any atom is -0.368 e. The standard InChI is InChI=1S/C13H18N2O/c1-9(2)15-13(12(14)16)8-7-10-5-3-4-6-11(10)13/h3-6,9,15H,7-8H2,1-2H3,(H2,14,16). The molecule has 1 aromatic rings. The summed E-state index contributed by atoms with van der Waals surface area (Å²) in [5.41, 5.74) is 7.22. The molecule has 0 fully saturated rings. The second-order valence-electron chi connectivity index (χ2n) is 4.73. The van der Waals surface area contributed by atoms with Crippen LogP contribution in [0.15, 0.2) is 24.3 Å². The van der Waals surface area contributed by atoms with Gasteiger partial charge in [-0.15, -0.1) is 0 Å². The maximum atomic E-state index is 11.8. The second-order valence-corrected chi connectivity index (χ2v) is 4.73. The van der Waals surface area contributed by atoms with Gasteiger partial charge in [0.05, 0.1) is 0 Å². The Bertz CT molecular complexity index is 414. The summed E-state index contributed by atoms with van der Waals surface area (Å²) in [4.78, 5) is 11.8. The molecule has 1 aromatic carbocycles. The first-order valence-corrected chi connectivity index (χ1v) is 5.72. The topological polar surface area (TPSA) is 55.1 Å². The van der Waals surface area contributed by atoms with E-state index in [1.807, 2.05) is 32.0 Å². The fourth-order valence-corrected chi connectivity index (χ4v) is 2.58. The Labute approximate surface area is 96.0 Å². The van der Waals surface area contributed by atoms with Gasteiger partial charge in [-0.3, -0.25) is 10.1 Å². The van der Waals surface area contributed by atoms with Crippen molar-refractivity contribution in [1.29, 1.82) is 0 Å². The highest BCUT2D eigenvalue weighted by Crippen LogP contribution is 2.36. The molecule has 3 heteroatoms. The third kappa shape index (κ3) is 1.61. The van der Waals surface area contributed by atoms with Crippen LogP contribution in [0, 0.1) is 0 Å². The van der Waals surface area contributed by atoms with Crippen LogP contribution in [-0.4, -0.2) is 11.9 Å². The molecule has 0 spiro atoms. The zero-order valence-corrected chi connectivity index (χ0v) is 9.79. The summed E-state index contributed by atoms with van der Waals surface area (Å²) in [6.45, 7) is 4.07. The summed E-state index contributed by atoms with van der Waals surface area (Å²) >= 11 is 0. The molecule has 1 unspecified atom stereocenters. The molecule has 0 saturated heterocycles. The summed E-state index contributed by atoms with van der Waals surface area (Å²) in [7, 11) is 0. The lowest BCUT2D eigenvalue weighted by molar-refractivity contribution is -0.125. The summed E-state index contributed by atoms with van der Waals surface area (Å²) in [6, 6.07) is 8.28. The molecule has 1 aliphatic rings. The molecular weight excluding hydrogens is 200 g/mol. The summed E-state index contributed by atoms with van der Waals surface area (Å²) in [5, 5.41) is 3.34. The Balaban J connectivity index is 2.47. The maximum absolute atomic E-state index is 11.8. The first kappa shape index (κ1) is 11.1. The van der Waals surface area contributed by atoms with Crippen molar-refractivity contribution in [3.8, 4) is 0 Å². The minimum absolute atomic E-state index is 0.235. The Kier molecular flexibility index (Phi) is 2.72. The van der Waals surface area contributed by atoms with Gasteiger partial charge in [-0.05, 0) is 37.8 Å². The molecule has 1 aliphatic carbocycles. The molecule has 0 aromatic heterocycles. The number of rotatable bonds is 3. The van der Waals surface area contributed by atoms with Crippen LogP contribution in [0.4, 0.5) is 0 Å². The Morgan fingerprint density at radius 3 is 2.75 bits per heavy atom. The van der Waals surface area contributed by atoms with Crippen molar-refractivity contribution in [3.05, 3.63) is 35.4 Å². The van der Waals surface area contributed by atoms with Crippen molar-refractivity contribution in [2.45, 2.75) is 38.3 Å². The molecule has 0 saturated carbocycles. The van der Waals surface area contributed by atoms with Crippen LogP contribution in [0.2, 0.25) is 0 Å². The van der Waals surface area contributed by atoms with Gasteiger partial charge in [0.2, 0.25) is 5.91 Å². The van der Waals surface area contributed by atoms with E-state index in [2.05, 4.69) is 11.4 Å². The van der Waals surface area contributed by atoms with E-state index >= 15 is 0 Å². The molecule has 3 nitrogen and oxygen atoms in total. The number of aryl methyl sites for hydroxylation is 1. The van der Waals surface area contributed by atoms with Crippen molar-refractivity contribution < 1.29 is 4.79 Å². The quantitative estimate of drug-likeness (QED) is 0.803. The van der Waals surface area contributed by atoms with E-state index in [1.54, 1.807) is 0 Å². The molecule has 2 rings (SSSR count). The lowest BCUT2D eigenvalue weighted by atomic mass is 9.90. The normalized spacial score (nSPS) is 23.4. The van der Waals surface area contributed by atoms with Crippen LogP contribution < -0.4 is 11.1 Å². The van der Waals surface area contributed by atoms with Crippen molar-refractivity contribution in [1.82, 2.24) is 5.32 Å². The lowest BCUT2D eigenvalue weighted by Gasteiger charge is -2.30. The number of hydrogen-bond acceptors (Lipinski definition) is 2. The van der Waals surface area contributed by atoms with E-state index in [9.17, 15) is 4.79 Å².